The predicted octanol–water partition coefficient (Wildman–Crippen LogP) is 2.49. The van der Waals surface area contributed by atoms with Crippen LogP contribution in [-0.2, 0) is 0 Å². The van der Waals surface area contributed by atoms with Gasteiger partial charge in [0.15, 0.2) is 11.0 Å². The fourth-order valence-corrected chi connectivity index (χ4v) is 2.80. The van der Waals surface area contributed by atoms with Crippen molar-refractivity contribution in [1.29, 1.82) is 0 Å². The molecular weight excluding hydrogens is 250 g/mol. The van der Waals surface area contributed by atoms with Crippen molar-refractivity contribution in [2.24, 2.45) is 0 Å². The smallest absolute Gasteiger partial charge is 0.155 e. The van der Waals surface area contributed by atoms with E-state index in [-0.39, 0.29) is 6.61 Å². The summed E-state index contributed by atoms with van der Waals surface area (Å²) in [6.45, 7) is 4.73. The maximum Gasteiger partial charge on any atom is 0.155 e. The molecule has 1 fully saturated rings. The highest BCUT2D eigenvalue weighted by Crippen LogP contribution is 2.30. The number of aliphatic hydroxyl groups excluding tert-OH is 1. The van der Waals surface area contributed by atoms with E-state index in [1.807, 2.05) is 13.8 Å². The van der Waals surface area contributed by atoms with Crippen LogP contribution in [0.25, 0.3) is 0 Å². The molecule has 4 nitrogen and oxygen atoms in total. The van der Waals surface area contributed by atoms with Crippen LogP contribution in [0.15, 0.2) is 0 Å². The molecule has 1 N–H and O–H groups in total. The molecule has 1 aliphatic rings. The van der Waals surface area contributed by atoms with Crippen molar-refractivity contribution in [3.05, 3.63) is 16.3 Å². The first-order valence-electron chi connectivity index (χ1n) is 6.52. The van der Waals surface area contributed by atoms with Crippen LogP contribution in [0.4, 0.5) is 5.82 Å². The SMILES string of the molecule is Cc1c(Cl)nnc(N(CCO)C2CCCC2)c1C. The van der Waals surface area contributed by atoms with E-state index in [1.54, 1.807) is 0 Å². The minimum Gasteiger partial charge on any atom is -0.395 e. The Labute approximate surface area is 113 Å². The Balaban J connectivity index is 2.32. The highest BCUT2D eigenvalue weighted by Gasteiger charge is 2.25. The number of hydrogen-bond acceptors (Lipinski definition) is 4. The quantitative estimate of drug-likeness (QED) is 0.912. The summed E-state index contributed by atoms with van der Waals surface area (Å²) in [6.07, 6.45) is 4.85. The second-order valence-electron chi connectivity index (χ2n) is 4.92. The third-order valence-corrected chi connectivity index (χ3v) is 4.18. The van der Waals surface area contributed by atoms with Gasteiger partial charge in [0.1, 0.15) is 0 Å². The minimum atomic E-state index is 0.138. The summed E-state index contributed by atoms with van der Waals surface area (Å²) in [5.41, 5.74) is 2.04. The first-order chi connectivity index (χ1) is 8.65. The van der Waals surface area contributed by atoms with E-state index in [1.165, 1.54) is 25.7 Å². The summed E-state index contributed by atoms with van der Waals surface area (Å²) < 4.78 is 0. The van der Waals surface area contributed by atoms with Crippen molar-refractivity contribution in [2.75, 3.05) is 18.1 Å². The van der Waals surface area contributed by atoms with Gasteiger partial charge in [-0.25, -0.2) is 0 Å². The van der Waals surface area contributed by atoms with Gasteiger partial charge >= 0.3 is 0 Å². The van der Waals surface area contributed by atoms with Gasteiger partial charge in [-0.2, -0.15) is 0 Å². The average Bonchev–Trinajstić information content (AvgIpc) is 2.88. The molecule has 0 aromatic carbocycles. The molecule has 1 aliphatic carbocycles. The highest BCUT2D eigenvalue weighted by molar-refractivity contribution is 6.30. The molecule has 2 rings (SSSR count). The Hall–Kier alpha value is -0.870. The van der Waals surface area contributed by atoms with E-state index in [4.69, 9.17) is 11.6 Å². The van der Waals surface area contributed by atoms with Crippen molar-refractivity contribution >= 4 is 17.4 Å². The fourth-order valence-electron chi connectivity index (χ4n) is 2.62. The minimum absolute atomic E-state index is 0.138. The van der Waals surface area contributed by atoms with Crippen molar-refractivity contribution < 1.29 is 5.11 Å². The van der Waals surface area contributed by atoms with Gasteiger partial charge in [-0.05, 0) is 37.8 Å². The van der Waals surface area contributed by atoms with Gasteiger partial charge in [0.05, 0.1) is 6.61 Å². The monoisotopic (exact) mass is 269 g/mol. The maximum atomic E-state index is 9.26. The number of aromatic nitrogens is 2. The summed E-state index contributed by atoms with van der Waals surface area (Å²) in [5.74, 6) is 0.873. The van der Waals surface area contributed by atoms with E-state index in [2.05, 4.69) is 15.1 Å². The van der Waals surface area contributed by atoms with Gasteiger partial charge < -0.3 is 10.0 Å². The standard InChI is InChI=1S/C13H20ClN3O/c1-9-10(2)13(16-15-12(9)14)17(7-8-18)11-5-3-4-6-11/h11,18H,3-8H2,1-2H3. The van der Waals surface area contributed by atoms with Gasteiger partial charge in [-0.3, -0.25) is 0 Å². The number of aliphatic hydroxyl groups is 1. The van der Waals surface area contributed by atoms with Gasteiger partial charge in [0.25, 0.3) is 0 Å². The summed E-state index contributed by atoms with van der Waals surface area (Å²) in [7, 11) is 0. The zero-order valence-electron chi connectivity index (χ0n) is 11.0. The lowest BCUT2D eigenvalue weighted by Crippen LogP contribution is -2.37. The number of nitrogens with zero attached hydrogens (tertiary/aromatic N) is 3. The number of rotatable bonds is 4. The van der Waals surface area contributed by atoms with Crippen LogP contribution in [0, 0.1) is 13.8 Å². The summed E-state index contributed by atoms with van der Waals surface area (Å²) in [5, 5.41) is 18.0. The zero-order chi connectivity index (χ0) is 13.1. The van der Waals surface area contributed by atoms with Crippen molar-refractivity contribution in [3.63, 3.8) is 0 Å². The molecule has 0 atom stereocenters. The first kappa shape index (κ1) is 13.6. The summed E-state index contributed by atoms with van der Waals surface area (Å²) in [6, 6.07) is 0.478. The van der Waals surface area contributed by atoms with Crippen LogP contribution in [0.2, 0.25) is 5.15 Å². The molecule has 1 aromatic heterocycles. The second kappa shape index (κ2) is 5.85. The molecule has 1 aromatic rings. The van der Waals surface area contributed by atoms with E-state index in [0.717, 1.165) is 16.9 Å². The fraction of sp³-hybridized carbons (Fsp3) is 0.692. The van der Waals surface area contributed by atoms with Gasteiger partial charge in [0, 0.05) is 12.6 Å². The molecule has 100 valence electrons. The van der Waals surface area contributed by atoms with Crippen LogP contribution in [0.3, 0.4) is 0 Å². The van der Waals surface area contributed by atoms with Crippen LogP contribution in [-0.4, -0.2) is 34.5 Å². The van der Waals surface area contributed by atoms with E-state index < -0.39 is 0 Å². The van der Waals surface area contributed by atoms with Crippen LogP contribution >= 0.6 is 11.6 Å². The molecular formula is C13H20ClN3O. The molecule has 0 unspecified atom stereocenters. The molecule has 0 amide bonds. The van der Waals surface area contributed by atoms with Crippen LogP contribution in [0.5, 0.6) is 0 Å². The van der Waals surface area contributed by atoms with Crippen LogP contribution < -0.4 is 4.90 Å². The molecule has 1 heterocycles. The molecule has 0 spiro atoms. The second-order valence-corrected chi connectivity index (χ2v) is 5.28. The average molecular weight is 270 g/mol. The van der Waals surface area contributed by atoms with Crippen molar-refractivity contribution in [2.45, 2.75) is 45.6 Å². The van der Waals surface area contributed by atoms with Gasteiger partial charge in [-0.1, -0.05) is 24.4 Å². The molecule has 0 radical (unpaired) electrons. The van der Waals surface area contributed by atoms with E-state index >= 15 is 0 Å². The van der Waals surface area contributed by atoms with Gasteiger partial charge in [0.2, 0.25) is 0 Å². The molecule has 0 bridgehead atoms. The van der Waals surface area contributed by atoms with Crippen molar-refractivity contribution in [3.8, 4) is 0 Å². The first-order valence-corrected chi connectivity index (χ1v) is 6.89. The number of halogens is 1. The Morgan fingerprint density at radius 2 is 1.89 bits per heavy atom. The Kier molecular flexibility index (Phi) is 4.40. The normalized spacial score (nSPS) is 16.2. The Morgan fingerprint density at radius 1 is 1.22 bits per heavy atom. The topological polar surface area (TPSA) is 49.2 Å². The van der Waals surface area contributed by atoms with Crippen LogP contribution in [0.1, 0.15) is 36.8 Å². The highest BCUT2D eigenvalue weighted by atomic mass is 35.5. The molecule has 1 saturated carbocycles. The predicted molar refractivity (Wildman–Crippen MR) is 73.2 cm³/mol. The molecule has 0 saturated heterocycles. The lowest BCUT2D eigenvalue weighted by Gasteiger charge is -2.30. The maximum absolute atomic E-state index is 9.26. The van der Waals surface area contributed by atoms with Crippen molar-refractivity contribution in [1.82, 2.24) is 10.2 Å². The Bertz CT molecular complexity index is 419. The summed E-state index contributed by atoms with van der Waals surface area (Å²) in [4.78, 5) is 2.19. The van der Waals surface area contributed by atoms with Gasteiger partial charge in [-0.15, -0.1) is 10.2 Å². The largest absolute Gasteiger partial charge is 0.395 e. The number of hydrogen-bond donors (Lipinski definition) is 1. The lowest BCUT2D eigenvalue weighted by molar-refractivity contribution is 0.296. The number of anilines is 1. The zero-order valence-corrected chi connectivity index (χ0v) is 11.7. The molecule has 18 heavy (non-hydrogen) atoms. The lowest BCUT2D eigenvalue weighted by atomic mass is 10.1. The molecule has 0 aliphatic heterocycles. The summed E-state index contributed by atoms with van der Waals surface area (Å²) >= 11 is 5.99. The Morgan fingerprint density at radius 3 is 2.50 bits per heavy atom. The third kappa shape index (κ3) is 2.59. The third-order valence-electron chi connectivity index (χ3n) is 3.82. The molecule has 5 heteroatoms. The van der Waals surface area contributed by atoms with E-state index in [0.29, 0.717) is 17.7 Å². The van der Waals surface area contributed by atoms with E-state index in [9.17, 15) is 5.11 Å².